The van der Waals surface area contributed by atoms with Gasteiger partial charge in [-0.1, -0.05) is 18.2 Å². The molecule has 0 unspecified atom stereocenters. The van der Waals surface area contributed by atoms with Gasteiger partial charge in [-0.15, -0.1) is 0 Å². The maximum atomic E-state index is 12.9. The molecule has 32 heavy (non-hydrogen) atoms. The second-order valence-corrected chi connectivity index (χ2v) is 7.48. The van der Waals surface area contributed by atoms with Crippen molar-refractivity contribution in [1.82, 2.24) is 14.7 Å². The lowest BCUT2D eigenvalue weighted by Gasteiger charge is -2.36. The highest BCUT2D eigenvalue weighted by molar-refractivity contribution is 5.76. The molecule has 0 saturated carbocycles. The SMILES string of the molecule is COc1ccc(OC)c(-c2ccc(=O)n(CC(=O)N3CCN(c4ccccc4)CC3)n2)c1. The van der Waals surface area contributed by atoms with Crippen molar-refractivity contribution in [3.05, 3.63) is 71.0 Å². The third-order valence-electron chi connectivity index (χ3n) is 5.59. The van der Waals surface area contributed by atoms with Gasteiger partial charge in [-0.2, -0.15) is 5.10 Å². The van der Waals surface area contributed by atoms with Gasteiger partial charge in [0.15, 0.2) is 0 Å². The number of amides is 1. The van der Waals surface area contributed by atoms with Crippen LogP contribution >= 0.6 is 0 Å². The highest BCUT2D eigenvalue weighted by atomic mass is 16.5. The van der Waals surface area contributed by atoms with Gasteiger partial charge in [0.1, 0.15) is 18.0 Å². The summed E-state index contributed by atoms with van der Waals surface area (Å²) in [6.07, 6.45) is 0. The van der Waals surface area contributed by atoms with Crippen LogP contribution in [-0.4, -0.2) is 61.0 Å². The first-order valence-electron chi connectivity index (χ1n) is 10.5. The zero-order chi connectivity index (χ0) is 22.5. The van der Waals surface area contributed by atoms with Crippen LogP contribution in [0.25, 0.3) is 11.3 Å². The Morgan fingerprint density at radius 3 is 2.38 bits per heavy atom. The Bertz CT molecular complexity index is 1140. The Morgan fingerprint density at radius 2 is 1.69 bits per heavy atom. The Hall–Kier alpha value is -3.81. The third-order valence-corrected chi connectivity index (χ3v) is 5.59. The fraction of sp³-hybridized carbons (Fsp3) is 0.292. The average molecular weight is 434 g/mol. The van der Waals surface area contributed by atoms with Crippen molar-refractivity contribution in [2.45, 2.75) is 6.54 Å². The van der Waals surface area contributed by atoms with Crippen LogP contribution < -0.4 is 19.9 Å². The summed E-state index contributed by atoms with van der Waals surface area (Å²) >= 11 is 0. The van der Waals surface area contributed by atoms with E-state index in [4.69, 9.17) is 9.47 Å². The lowest BCUT2D eigenvalue weighted by atomic mass is 10.1. The number of piperazine rings is 1. The zero-order valence-corrected chi connectivity index (χ0v) is 18.2. The van der Waals surface area contributed by atoms with Crippen LogP contribution in [0, 0.1) is 0 Å². The number of methoxy groups -OCH3 is 2. The Morgan fingerprint density at radius 1 is 0.938 bits per heavy atom. The van der Waals surface area contributed by atoms with Crippen molar-refractivity contribution in [3.63, 3.8) is 0 Å². The van der Waals surface area contributed by atoms with E-state index in [9.17, 15) is 9.59 Å². The lowest BCUT2D eigenvalue weighted by Crippen LogP contribution is -2.50. The molecule has 2 aromatic carbocycles. The number of aromatic nitrogens is 2. The number of para-hydroxylation sites is 1. The maximum Gasteiger partial charge on any atom is 0.267 e. The molecule has 1 aliphatic heterocycles. The number of hydrogen-bond acceptors (Lipinski definition) is 6. The molecular formula is C24H26N4O4. The summed E-state index contributed by atoms with van der Waals surface area (Å²) in [4.78, 5) is 29.3. The second kappa shape index (κ2) is 9.55. The van der Waals surface area contributed by atoms with E-state index in [1.54, 1.807) is 43.4 Å². The van der Waals surface area contributed by atoms with Crippen molar-refractivity contribution < 1.29 is 14.3 Å². The van der Waals surface area contributed by atoms with Crippen molar-refractivity contribution in [2.24, 2.45) is 0 Å². The van der Waals surface area contributed by atoms with Crippen LogP contribution in [0.4, 0.5) is 5.69 Å². The number of carbonyl (C=O) groups excluding carboxylic acids is 1. The van der Waals surface area contributed by atoms with Gasteiger partial charge in [0.25, 0.3) is 5.56 Å². The van der Waals surface area contributed by atoms with Crippen molar-refractivity contribution in [3.8, 4) is 22.8 Å². The van der Waals surface area contributed by atoms with Crippen LogP contribution in [0.3, 0.4) is 0 Å². The predicted molar refractivity (Wildman–Crippen MR) is 122 cm³/mol. The molecule has 1 fully saturated rings. The minimum atomic E-state index is -0.327. The summed E-state index contributed by atoms with van der Waals surface area (Å²) in [5.74, 6) is 1.13. The number of hydrogen-bond donors (Lipinski definition) is 0. The average Bonchev–Trinajstić information content (AvgIpc) is 2.85. The molecule has 0 bridgehead atoms. The first-order valence-corrected chi connectivity index (χ1v) is 10.5. The Balaban J connectivity index is 1.48. The molecule has 0 spiro atoms. The molecule has 8 nitrogen and oxygen atoms in total. The minimum absolute atomic E-state index is 0.107. The fourth-order valence-electron chi connectivity index (χ4n) is 3.80. The molecule has 0 radical (unpaired) electrons. The number of carbonyl (C=O) groups is 1. The summed E-state index contributed by atoms with van der Waals surface area (Å²) in [6.45, 7) is 2.60. The van der Waals surface area contributed by atoms with E-state index in [1.807, 2.05) is 18.2 Å². The minimum Gasteiger partial charge on any atom is -0.497 e. The van der Waals surface area contributed by atoms with Gasteiger partial charge in [-0.3, -0.25) is 9.59 Å². The fourth-order valence-corrected chi connectivity index (χ4v) is 3.80. The molecule has 8 heteroatoms. The normalized spacial score (nSPS) is 13.7. The quantitative estimate of drug-likeness (QED) is 0.593. The van der Waals surface area contributed by atoms with Gasteiger partial charge in [-0.25, -0.2) is 4.68 Å². The number of benzene rings is 2. The van der Waals surface area contributed by atoms with Gasteiger partial charge in [-0.05, 0) is 36.4 Å². The third kappa shape index (κ3) is 4.59. The van der Waals surface area contributed by atoms with E-state index in [0.29, 0.717) is 35.8 Å². The topological polar surface area (TPSA) is 76.9 Å². The van der Waals surface area contributed by atoms with Crippen LogP contribution in [0.15, 0.2) is 65.5 Å². The van der Waals surface area contributed by atoms with Crippen molar-refractivity contribution in [1.29, 1.82) is 0 Å². The summed E-state index contributed by atoms with van der Waals surface area (Å²) in [7, 11) is 3.15. The van der Waals surface area contributed by atoms with Gasteiger partial charge < -0.3 is 19.3 Å². The van der Waals surface area contributed by atoms with Crippen molar-refractivity contribution >= 4 is 11.6 Å². The molecular weight excluding hydrogens is 408 g/mol. The monoisotopic (exact) mass is 434 g/mol. The van der Waals surface area contributed by atoms with Crippen LogP contribution in [0.2, 0.25) is 0 Å². The summed E-state index contributed by atoms with van der Waals surface area (Å²) in [5.41, 5.74) is 2.04. The first-order chi connectivity index (χ1) is 15.6. The molecule has 2 heterocycles. The van der Waals surface area contributed by atoms with E-state index in [1.165, 1.54) is 10.7 Å². The standard InChI is InChI=1S/C24H26N4O4/c1-31-19-8-10-22(32-2)20(16-19)21-9-11-23(29)28(25-21)17-24(30)27-14-12-26(13-15-27)18-6-4-3-5-7-18/h3-11,16H,12-15,17H2,1-2H3. The molecule has 1 amide bonds. The maximum absolute atomic E-state index is 12.9. The number of nitrogens with zero attached hydrogens (tertiary/aromatic N) is 4. The lowest BCUT2D eigenvalue weighted by molar-refractivity contribution is -0.132. The van der Waals surface area contributed by atoms with E-state index < -0.39 is 0 Å². The first kappa shape index (κ1) is 21.4. The van der Waals surface area contributed by atoms with E-state index >= 15 is 0 Å². The molecule has 166 valence electrons. The van der Waals surface area contributed by atoms with Crippen LogP contribution in [0.5, 0.6) is 11.5 Å². The second-order valence-electron chi connectivity index (χ2n) is 7.48. The molecule has 0 aliphatic carbocycles. The Kier molecular flexibility index (Phi) is 6.39. The summed E-state index contributed by atoms with van der Waals surface area (Å²) in [6, 6.07) is 18.5. The van der Waals surface area contributed by atoms with Gasteiger partial charge in [0.05, 0.1) is 19.9 Å². The van der Waals surface area contributed by atoms with E-state index in [2.05, 4.69) is 22.1 Å². The molecule has 1 saturated heterocycles. The number of ether oxygens (including phenoxy) is 2. The molecule has 0 atom stereocenters. The van der Waals surface area contributed by atoms with Crippen LogP contribution in [0.1, 0.15) is 0 Å². The van der Waals surface area contributed by atoms with Gasteiger partial charge in [0, 0.05) is 43.5 Å². The smallest absolute Gasteiger partial charge is 0.267 e. The molecule has 3 aromatic rings. The van der Waals surface area contributed by atoms with Crippen molar-refractivity contribution in [2.75, 3.05) is 45.3 Å². The molecule has 1 aromatic heterocycles. The van der Waals surface area contributed by atoms with Gasteiger partial charge >= 0.3 is 0 Å². The number of anilines is 1. The largest absolute Gasteiger partial charge is 0.497 e. The number of rotatable bonds is 6. The predicted octanol–water partition coefficient (Wildman–Crippen LogP) is 2.28. The summed E-state index contributed by atoms with van der Waals surface area (Å²) in [5, 5.41) is 4.43. The van der Waals surface area contributed by atoms with Crippen LogP contribution in [-0.2, 0) is 11.3 Å². The van der Waals surface area contributed by atoms with E-state index in [-0.39, 0.29) is 18.0 Å². The highest BCUT2D eigenvalue weighted by Crippen LogP contribution is 2.31. The van der Waals surface area contributed by atoms with E-state index in [0.717, 1.165) is 18.8 Å². The highest BCUT2D eigenvalue weighted by Gasteiger charge is 2.22. The Labute approximate surface area is 186 Å². The summed E-state index contributed by atoms with van der Waals surface area (Å²) < 4.78 is 11.9. The molecule has 0 N–H and O–H groups in total. The molecule has 4 rings (SSSR count). The van der Waals surface area contributed by atoms with Gasteiger partial charge in [0.2, 0.25) is 5.91 Å². The zero-order valence-electron chi connectivity index (χ0n) is 18.2. The molecule has 1 aliphatic rings.